The van der Waals surface area contributed by atoms with Gasteiger partial charge in [0.2, 0.25) is 5.78 Å². The van der Waals surface area contributed by atoms with Crippen molar-refractivity contribution in [3.8, 4) is 17.2 Å². The van der Waals surface area contributed by atoms with Gasteiger partial charge < -0.3 is 23.2 Å². The zero-order valence-electron chi connectivity index (χ0n) is 18.9. The molecule has 6 rings (SSSR count). The molecule has 0 N–H and O–H groups in total. The Kier molecular flexibility index (Phi) is 4.63. The molecule has 1 atom stereocenters. The number of esters is 1. The van der Waals surface area contributed by atoms with Crippen LogP contribution in [0.5, 0.6) is 17.2 Å². The normalized spacial score (nSPS) is 17.8. The van der Waals surface area contributed by atoms with E-state index in [0.717, 1.165) is 5.39 Å². The van der Waals surface area contributed by atoms with Crippen molar-refractivity contribution in [3.05, 3.63) is 93.4 Å². The summed E-state index contributed by atoms with van der Waals surface area (Å²) in [7, 11) is 3.24. The second kappa shape index (κ2) is 7.73. The number of hydrogen-bond acceptors (Lipinski definition) is 7. The number of fused-ring (bicyclic) bond motifs is 4. The number of Topliss-reactive ketones (excluding diaryl/α,β-unsaturated/α-hetero) is 1. The van der Waals surface area contributed by atoms with Crippen LogP contribution in [0.15, 0.2) is 69.8 Å². The minimum Gasteiger partial charge on any atom is -0.497 e. The molecule has 0 bridgehead atoms. The summed E-state index contributed by atoms with van der Waals surface area (Å²) in [5.41, 5.74) is 1.70. The molecule has 4 aromatic rings. The fourth-order valence-electron chi connectivity index (χ4n) is 4.72. The van der Waals surface area contributed by atoms with Gasteiger partial charge in [-0.3, -0.25) is 14.4 Å². The second-order valence-corrected chi connectivity index (χ2v) is 8.43. The molecule has 0 saturated heterocycles. The Morgan fingerprint density at radius 3 is 2.69 bits per heavy atom. The van der Waals surface area contributed by atoms with Crippen molar-refractivity contribution in [2.75, 3.05) is 7.11 Å². The molecule has 0 spiro atoms. The number of methoxy groups -OCH3 is 1. The molecule has 8 nitrogen and oxygen atoms in total. The monoisotopic (exact) mass is 469 g/mol. The maximum atomic E-state index is 13.5. The van der Waals surface area contributed by atoms with Crippen molar-refractivity contribution in [2.24, 2.45) is 7.05 Å². The van der Waals surface area contributed by atoms with Gasteiger partial charge in [-0.05, 0) is 47.9 Å². The molecule has 0 unspecified atom stereocenters. The topological polar surface area (TPSA) is 97.0 Å². The molecule has 2 aliphatic rings. The van der Waals surface area contributed by atoms with Gasteiger partial charge in [0.15, 0.2) is 5.76 Å². The lowest BCUT2D eigenvalue weighted by Gasteiger charge is -2.26. The van der Waals surface area contributed by atoms with Gasteiger partial charge in [-0.15, -0.1) is 0 Å². The zero-order valence-corrected chi connectivity index (χ0v) is 18.9. The summed E-state index contributed by atoms with van der Waals surface area (Å²) in [6.07, 6.45) is 2.96. The second-order valence-electron chi connectivity index (χ2n) is 8.43. The third-order valence-corrected chi connectivity index (χ3v) is 6.43. The van der Waals surface area contributed by atoms with Crippen molar-refractivity contribution in [3.63, 3.8) is 0 Å². The highest BCUT2D eigenvalue weighted by atomic mass is 16.5. The quantitative estimate of drug-likeness (QED) is 0.252. The highest BCUT2D eigenvalue weighted by molar-refractivity contribution is 6.15. The molecule has 0 radical (unpaired) electrons. The summed E-state index contributed by atoms with van der Waals surface area (Å²) in [5.74, 6) is 0.334. The lowest BCUT2D eigenvalue weighted by atomic mass is 9.84. The van der Waals surface area contributed by atoms with Crippen LogP contribution in [0.25, 0.3) is 17.0 Å². The average molecular weight is 469 g/mol. The van der Waals surface area contributed by atoms with Crippen LogP contribution in [0.1, 0.15) is 39.6 Å². The van der Waals surface area contributed by atoms with E-state index in [1.807, 2.05) is 12.1 Å². The van der Waals surface area contributed by atoms with E-state index >= 15 is 0 Å². The standard InChI is InChI=1S/C27H19NO7/c1-28-20-11-15(32-2)6-5-14(20)10-19(27(28)31)18-13-23(29)34-21-8-7-17-25(30)22(35-26(17)24(18)21)12-16-4-3-9-33-16/h3-12,18H,13H2,1-2H3/b22-12-/t18-/m0/s1. The summed E-state index contributed by atoms with van der Waals surface area (Å²) in [6, 6.07) is 13.8. The Balaban J connectivity index is 1.53. The molecule has 35 heavy (non-hydrogen) atoms. The Labute approximate surface area is 198 Å². The first-order valence-corrected chi connectivity index (χ1v) is 11.0. The van der Waals surface area contributed by atoms with Gasteiger partial charge in [0.25, 0.3) is 5.56 Å². The van der Waals surface area contributed by atoms with Crippen LogP contribution in [-0.2, 0) is 11.8 Å². The van der Waals surface area contributed by atoms with Gasteiger partial charge in [0.1, 0.15) is 23.0 Å². The number of benzene rings is 2. The Morgan fingerprint density at radius 1 is 1.06 bits per heavy atom. The molecular weight excluding hydrogens is 450 g/mol. The first-order valence-electron chi connectivity index (χ1n) is 11.0. The zero-order chi connectivity index (χ0) is 24.3. The van der Waals surface area contributed by atoms with Crippen LogP contribution < -0.4 is 19.8 Å². The van der Waals surface area contributed by atoms with E-state index in [1.54, 1.807) is 50.6 Å². The van der Waals surface area contributed by atoms with Crippen LogP contribution in [-0.4, -0.2) is 23.4 Å². The molecular formula is C27H19NO7. The first-order chi connectivity index (χ1) is 16.9. The predicted molar refractivity (Wildman–Crippen MR) is 126 cm³/mol. The molecule has 0 saturated carbocycles. The number of hydrogen-bond donors (Lipinski definition) is 0. The smallest absolute Gasteiger partial charge is 0.312 e. The number of rotatable bonds is 3. The van der Waals surface area contributed by atoms with Gasteiger partial charge in [0, 0.05) is 36.2 Å². The number of ether oxygens (including phenoxy) is 3. The number of aromatic nitrogens is 1. The lowest BCUT2D eigenvalue weighted by molar-refractivity contribution is -0.135. The maximum Gasteiger partial charge on any atom is 0.312 e. The van der Waals surface area contributed by atoms with E-state index in [1.165, 1.54) is 16.9 Å². The van der Waals surface area contributed by atoms with Gasteiger partial charge in [-0.1, -0.05) is 0 Å². The minimum atomic E-state index is -0.651. The Hall–Kier alpha value is -4.59. The molecule has 174 valence electrons. The van der Waals surface area contributed by atoms with Crippen molar-refractivity contribution < 1.29 is 28.2 Å². The maximum absolute atomic E-state index is 13.5. The van der Waals surface area contributed by atoms with E-state index in [-0.39, 0.29) is 29.3 Å². The first kappa shape index (κ1) is 21.0. The number of allylic oxidation sites excluding steroid dienone is 1. The van der Waals surface area contributed by atoms with E-state index in [0.29, 0.717) is 39.5 Å². The number of pyridine rings is 1. The fraction of sp³-hybridized carbons (Fsp3) is 0.148. The molecule has 4 heterocycles. The summed E-state index contributed by atoms with van der Waals surface area (Å²) in [5, 5.41) is 0.811. The van der Waals surface area contributed by atoms with Gasteiger partial charge >= 0.3 is 5.97 Å². The number of nitrogens with zero attached hydrogens (tertiary/aromatic N) is 1. The van der Waals surface area contributed by atoms with Crippen molar-refractivity contribution >= 4 is 28.7 Å². The number of carbonyl (C=O) groups is 2. The number of aryl methyl sites for hydroxylation is 1. The fourth-order valence-corrected chi connectivity index (χ4v) is 4.72. The predicted octanol–water partition coefficient (Wildman–Crippen LogP) is 4.20. The van der Waals surface area contributed by atoms with E-state index in [9.17, 15) is 14.4 Å². The Morgan fingerprint density at radius 2 is 1.91 bits per heavy atom. The molecule has 0 fully saturated rings. The molecule has 8 heteroatoms. The van der Waals surface area contributed by atoms with Crippen molar-refractivity contribution in [1.82, 2.24) is 4.57 Å². The van der Waals surface area contributed by atoms with E-state index in [2.05, 4.69) is 0 Å². The summed E-state index contributed by atoms with van der Waals surface area (Å²) < 4.78 is 23.6. The number of carbonyl (C=O) groups excluding carboxylic acids is 2. The number of ketones is 1. The molecule has 2 aliphatic heterocycles. The third kappa shape index (κ3) is 3.25. The molecule has 0 aliphatic carbocycles. The van der Waals surface area contributed by atoms with Crippen LogP contribution >= 0.6 is 0 Å². The summed E-state index contributed by atoms with van der Waals surface area (Å²) >= 11 is 0. The third-order valence-electron chi connectivity index (χ3n) is 6.43. The van der Waals surface area contributed by atoms with Crippen LogP contribution in [0, 0.1) is 0 Å². The molecule has 0 amide bonds. The summed E-state index contributed by atoms with van der Waals surface area (Å²) in [6.45, 7) is 0. The molecule has 2 aromatic carbocycles. The molecule has 2 aromatic heterocycles. The Bertz CT molecular complexity index is 1630. The van der Waals surface area contributed by atoms with Crippen LogP contribution in [0.2, 0.25) is 0 Å². The van der Waals surface area contributed by atoms with Gasteiger partial charge in [-0.25, -0.2) is 0 Å². The highest BCUT2D eigenvalue weighted by Gasteiger charge is 2.39. The van der Waals surface area contributed by atoms with Crippen molar-refractivity contribution in [1.29, 1.82) is 0 Å². The summed E-state index contributed by atoms with van der Waals surface area (Å²) in [4.78, 5) is 39.0. The van der Waals surface area contributed by atoms with Crippen LogP contribution in [0.4, 0.5) is 0 Å². The average Bonchev–Trinajstić information content (AvgIpc) is 3.48. The van der Waals surface area contributed by atoms with Gasteiger partial charge in [-0.2, -0.15) is 0 Å². The van der Waals surface area contributed by atoms with Crippen LogP contribution in [0.3, 0.4) is 0 Å². The van der Waals surface area contributed by atoms with Gasteiger partial charge in [0.05, 0.1) is 30.9 Å². The minimum absolute atomic E-state index is 0.0604. The van der Waals surface area contributed by atoms with E-state index < -0.39 is 11.9 Å². The highest BCUT2D eigenvalue weighted by Crippen LogP contribution is 2.48. The largest absolute Gasteiger partial charge is 0.497 e. The lowest BCUT2D eigenvalue weighted by Crippen LogP contribution is -2.29. The number of furan rings is 1. The van der Waals surface area contributed by atoms with Crippen molar-refractivity contribution in [2.45, 2.75) is 12.3 Å². The van der Waals surface area contributed by atoms with E-state index in [4.69, 9.17) is 18.6 Å². The SMILES string of the molecule is COc1ccc2cc([C@@H]3CC(=O)Oc4ccc5c(c43)O/C(=C\c3ccco3)C5=O)c(=O)n(C)c2c1.